The Labute approximate surface area is 137 Å². The Morgan fingerprint density at radius 2 is 1.96 bits per heavy atom. The second-order valence-electron chi connectivity index (χ2n) is 5.75. The van der Waals surface area contributed by atoms with Gasteiger partial charge in [-0.05, 0) is 50.3 Å². The summed E-state index contributed by atoms with van der Waals surface area (Å²) >= 11 is 0. The summed E-state index contributed by atoms with van der Waals surface area (Å²) in [5.41, 5.74) is 2.94. The third-order valence-corrected chi connectivity index (χ3v) is 4.19. The number of Topliss-reactive ketones (excluding diaryl/α,β-unsaturated/α-hetero) is 1. The van der Waals surface area contributed by atoms with Crippen LogP contribution in [-0.2, 0) is 17.6 Å². The molecule has 2 N–H and O–H groups in total. The molecule has 0 saturated heterocycles. The number of ether oxygens (including phenoxy) is 1. The molecular weight excluding hydrogens is 314 g/mol. The molecule has 1 heterocycles. The zero-order valence-corrected chi connectivity index (χ0v) is 13.2. The first-order chi connectivity index (χ1) is 11.5. The number of fused-ring (bicyclic) bond motifs is 3. The first kappa shape index (κ1) is 16.2. The highest BCUT2D eigenvalue weighted by Crippen LogP contribution is 2.33. The predicted octanol–water partition coefficient (Wildman–Crippen LogP) is 1.76. The Hall–Kier alpha value is -2.67. The molecule has 126 valence electrons. The van der Waals surface area contributed by atoms with E-state index in [4.69, 9.17) is 14.4 Å². The fourth-order valence-corrected chi connectivity index (χ4v) is 3.12. The minimum Gasteiger partial charge on any atom is -0.483 e. The maximum absolute atomic E-state index is 12.3. The highest BCUT2D eigenvalue weighted by molar-refractivity contribution is 6.08. The van der Waals surface area contributed by atoms with Gasteiger partial charge in [0, 0.05) is 10.9 Å². The molecule has 0 spiro atoms. The molecule has 2 aromatic rings. The van der Waals surface area contributed by atoms with Crippen molar-refractivity contribution >= 4 is 22.7 Å². The summed E-state index contributed by atoms with van der Waals surface area (Å²) in [5, 5.41) is 9.26. The number of nitrogens with one attached hydrogen (secondary N) is 1. The van der Waals surface area contributed by atoms with E-state index in [1.54, 1.807) is 12.1 Å². The van der Waals surface area contributed by atoms with Crippen molar-refractivity contribution in [3.05, 3.63) is 39.2 Å². The summed E-state index contributed by atoms with van der Waals surface area (Å²) in [6.07, 6.45) is 3.37. The molecule has 1 aliphatic rings. The maximum Gasteiger partial charge on any atom is 0.339 e. The van der Waals surface area contributed by atoms with E-state index in [0.29, 0.717) is 12.0 Å². The molecule has 24 heavy (non-hydrogen) atoms. The maximum atomic E-state index is 12.3. The summed E-state index contributed by atoms with van der Waals surface area (Å²) in [6, 6.07) is 3.32. The Balaban J connectivity index is 2.19. The normalized spacial score (nSPS) is 13.4. The molecule has 3 rings (SSSR count). The van der Waals surface area contributed by atoms with Crippen LogP contribution in [0.1, 0.15) is 41.3 Å². The van der Waals surface area contributed by atoms with Crippen LogP contribution < -0.4 is 15.8 Å². The van der Waals surface area contributed by atoms with E-state index in [2.05, 4.69) is 0 Å². The van der Waals surface area contributed by atoms with Gasteiger partial charge in [-0.15, -0.1) is 0 Å². The molecule has 0 unspecified atom stereocenters. The first-order valence-electron chi connectivity index (χ1n) is 7.71. The Morgan fingerprint density at radius 1 is 1.25 bits per heavy atom. The molecule has 1 aliphatic carbocycles. The summed E-state index contributed by atoms with van der Waals surface area (Å²) in [4.78, 5) is 35.5. The number of hydroxylamine groups is 1. The lowest BCUT2D eigenvalue weighted by atomic mass is 9.89. The third kappa shape index (κ3) is 2.78. The molecule has 0 atom stereocenters. The SMILES string of the molecule is CC(=O)c1c(OCC(=O)NO)ccc2c3c(c(=O)oc12)CCCC3. The van der Waals surface area contributed by atoms with Crippen molar-refractivity contribution in [3.8, 4) is 5.75 Å². The zero-order valence-electron chi connectivity index (χ0n) is 13.2. The van der Waals surface area contributed by atoms with Gasteiger partial charge in [0.2, 0.25) is 0 Å². The number of carbonyl (C=O) groups is 2. The van der Waals surface area contributed by atoms with Crippen molar-refractivity contribution in [2.45, 2.75) is 32.6 Å². The molecule has 0 fully saturated rings. The molecule has 7 heteroatoms. The van der Waals surface area contributed by atoms with Crippen LogP contribution in [0.25, 0.3) is 11.0 Å². The smallest absolute Gasteiger partial charge is 0.339 e. The summed E-state index contributed by atoms with van der Waals surface area (Å²) < 4.78 is 10.7. The summed E-state index contributed by atoms with van der Waals surface area (Å²) in [5.74, 6) is -0.951. The van der Waals surface area contributed by atoms with Gasteiger partial charge in [-0.2, -0.15) is 0 Å². The standard InChI is InChI=1S/C17H17NO6/c1-9(19)15-13(23-8-14(20)18-22)7-6-11-10-4-2-3-5-12(10)17(21)24-16(11)15/h6-7,22H,2-5,8H2,1H3,(H,18,20). The minimum absolute atomic E-state index is 0.128. The highest BCUT2D eigenvalue weighted by atomic mass is 16.5. The average molecular weight is 331 g/mol. The van der Waals surface area contributed by atoms with Crippen molar-refractivity contribution in [2.24, 2.45) is 0 Å². The van der Waals surface area contributed by atoms with Crippen LogP contribution in [-0.4, -0.2) is 23.5 Å². The Morgan fingerprint density at radius 3 is 2.62 bits per heavy atom. The van der Waals surface area contributed by atoms with Crippen LogP contribution in [0.4, 0.5) is 0 Å². The van der Waals surface area contributed by atoms with Crippen molar-refractivity contribution in [2.75, 3.05) is 6.61 Å². The van der Waals surface area contributed by atoms with Crippen LogP contribution in [0.15, 0.2) is 21.3 Å². The average Bonchev–Trinajstić information content (AvgIpc) is 2.59. The lowest BCUT2D eigenvalue weighted by molar-refractivity contribution is -0.131. The molecule has 0 radical (unpaired) electrons. The second kappa shape index (κ2) is 6.45. The second-order valence-corrected chi connectivity index (χ2v) is 5.75. The summed E-state index contributed by atoms with van der Waals surface area (Å²) in [7, 11) is 0. The number of amides is 1. The largest absolute Gasteiger partial charge is 0.483 e. The van der Waals surface area contributed by atoms with Crippen molar-refractivity contribution in [1.29, 1.82) is 0 Å². The van der Waals surface area contributed by atoms with Crippen molar-refractivity contribution in [3.63, 3.8) is 0 Å². The monoisotopic (exact) mass is 331 g/mol. The van der Waals surface area contributed by atoms with E-state index in [9.17, 15) is 14.4 Å². The fourth-order valence-electron chi connectivity index (χ4n) is 3.12. The van der Waals surface area contributed by atoms with E-state index in [1.165, 1.54) is 12.4 Å². The van der Waals surface area contributed by atoms with E-state index < -0.39 is 18.1 Å². The van der Waals surface area contributed by atoms with Gasteiger partial charge in [-0.3, -0.25) is 14.8 Å². The van der Waals surface area contributed by atoms with Crippen LogP contribution in [0, 0.1) is 0 Å². The molecule has 1 amide bonds. The minimum atomic E-state index is -0.753. The number of hydrogen-bond donors (Lipinski definition) is 2. The highest BCUT2D eigenvalue weighted by Gasteiger charge is 2.23. The van der Waals surface area contributed by atoms with Crippen molar-refractivity contribution in [1.82, 2.24) is 5.48 Å². The molecule has 1 aromatic carbocycles. The Kier molecular flexibility index (Phi) is 4.35. The Bertz CT molecular complexity index is 883. The van der Waals surface area contributed by atoms with Gasteiger partial charge >= 0.3 is 5.63 Å². The number of hydrogen-bond acceptors (Lipinski definition) is 6. The number of ketones is 1. The lowest BCUT2D eigenvalue weighted by Gasteiger charge is -2.18. The molecule has 0 aliphatic heterocycles. The number of rotatable bonds is 4. The number of carbonyl (C=O) groups excluding carboxylic acids is 2. The third-order valence-electron chi connectivity index (χ3n) is 4.19. The van der Waals surface area contributed by atoms with E-state index in [-0.39, 0.29) is 22.7 Å². The summed E-state index contributed by atoms with van der Waals surface area (Å²) in [6.45, 7) is 0.880. The van der Waals surface area contributed by atoms with Gasteiger partial charge in [0.1, 0.15) is 11.3 Å². The van der Waals surface area contributed by atoms with Crippen LogP contribution >= 0.6 is 0 Å². The lowest BCUT2D eigenvalue weighted by Crippen LogP contribution is -2.26. The molecule has 0 bridgehead atoms. The van der Waals surface area contributed by atoms with E-state index in [1.807, 2.05) is 0 Å². The van der Waals surface area contributed by atoms with E-state index >= 15 is 0 Å². The molecule has 7 nitrogen and oxygen atoms in total. The van der Waals surface area contributed by atoms with Crippen LogP contribution in [0.5, 0.6) is 5.75 Å². The van der Waals surface area contributed by atoms with Crippen molar-refractivity contribution < 1.29 is 24.0 Å². The van der Waals surface area contributed by atoms with E-state index in [0.717, 1.165) is 30.2 Å². The number of aryl methyl sites for hydroxylation is 1. The van der Waals surface area contributed by atoms with Gasteiger partial charge in [0.15, 0.2) is 18.0 Å². The molecule has 1 aromatic heterocycles. The fraction of sp³-hybridized carbons (Fsp3) is 0.353. The van der Waals surface area contributed by atoms with Crippen LogP contribution in [0.2, 0.25) is 0 Å². The molecular formula is C17H17NO6. The van der Waals surface area contributed by atoms with Gasteiger partial charge in [-0.1, -0.05) is 0 Å². The quantitative estimate of drug-likeness (QED) is 0.383. The van der Waals surface area contributed by atoms with Gasteiger partial charge < -0.3 is 9.15 Å². The number of benzene rings is 1. The zero-order chi connectivity index (χ0) is 17.3. The van der Waals surface area contributed by atoms with Crippen LogP contribution in [0.3, 0.4) is 0 Å². The van der Waals surface area contributed by atoms with Gasteiger partial charge in [0.05, 0.1) is 0 Å². The topological polar surface area (TPSA) is 106 Å². The first-order valence-corrected chi connectivity index (χ1v) is 7.71. The predicted molar refractivity (Wildman–Crippen MR) is 84.6 cm³/mol. The van der Waals surface area contributed by atoms with Gasteiger partial charge in [-0.25, -0.2) is 10.3 Å². The molecule has 0 saturated carbocycles. The van der Waals surface area contributed by atoms with Gasteiger partial charge in [0.25, 0.3) is 5.91 Å².